The first-order valence-corrected chi connectivity index (χ1v) is 5.02. The van der Waals surface area contributed by atoms with Gasteiger partial charge in [-0.15, -0.1) is 0 Å². The van der Waals surface area contributed by atoms with Crippen LogP contribution in [0.5, 0.6) is 0 Å². The fourth-order valence-corrected chi connectivity index (χ4v) is 1.85. The lowest BCUT2D eigenvalue weighted by Gasteiger charge is -2.27. The molecule has 1 aliphatic rings. The minimum absolute atomic E-state index is 0.495. The summed E-state index contributed by atoms with van der Waals surface area (Å²) in [4.78, 5) is 10.9. The first-order chi connectivity index (χ1) is 6.75. The molecule has 2 heterocycles. The molecule has 0 spiro atoms. The number of nitrogens with two attached hydrogens (primary N) is 1. The van der Waals surface area contributed by atoms with Gasteiger partial charge in [0.2, 0.25) is 0 Å². The molecule has 0 radical (unpaired) electrons. The highest BCUT2D eigenvalue weighted by atomic mass is 15.1. The zero-order valence-corrected chi connectivity index (χ0v) is 8.48. The Morgan fingerprint density at radius 2 is 2.14 bits per heavy atom. The van der Waals surface area contributed by atoms with Gasteiger partial charge in [0, 0.05) is 12.1 Å². The predicted octanol–water partition coefficient (Wildman–Crippen LogP) is 0.868. The van der Waals surface area contributed by atoms with Gasteiger partial charge in [-0.2, -0.15) is 0 Å². The van der Waals surface area contributed by atoms with Crippen LogP contribution in [-0.2, 0) is 0 Å². The minimum atomic E-state index is 0.495. The summed E-state index contributed by atoms with van der Waals surface area (Å²) in [5.74, 6) is 1.99. The Kier molecular flexibility index (Phi) is 2.63. The van der Waals surface area contributed by atoms with Crippen molar-refractivity contribution in [1.29, 1.82) is 0 Å². The maximum atomic E-state index is 5.63. The second kappa shape index (κ2) is 3.92. The number of nitrogens with zero attached hydrogens (tertiary/aromatic N) is 3. The van der Waals surface area contributed by atoms with Crippen LogP contribution < -0.4 is 5.73 Å². The third kappa shape index (κ3) is 2.01. The highest BCUT2D eigenvalue weighted by molar-refractivity contribution is 5.26. The fraction of sp³-hybridized carbons (Fsp3) is 0.600. The average Bonchev–Trinajstić information content (AvgIpc) is 2.19. The van der Waals surface area contributed by atoms with Gasteiger partial charge in [0.25, 0.3) is 0 Å². The molecule has 4 nitrogen and oxygen atoms in total. The van der Waals surface area contributed by atoms with E-state index in [1.165, 1.54) is 0 Å². The van der Waals surface area contributed by atoms with Gasteiger partial charge in [-0.25, -0.2) is 9.97 Å². The van der Waals surface area contributed by atoms with E-state index in [2.05, 4.69) is 21.9 Å². The summed E-state index contributed by atoms with van der Waals surface area (Å²) >= 11 is 0. The molecule has 2 rings (SSSR count). The van der Waals surface area contributed by atoms with E-state index in [9.17, 15) is 0 Å². The highest BCUT2D eigenvalue weighted by Gasteiger charge is 2.20. The number of hydrogen-bond donors (Lipinski definition) is 1. The van der Waals surface area contributed by atoms with Crippen molar-refractivity contribution in [1.82, 2.24) is 14.9 Å². The van der Waals surface area contributed by atoms with Crippen LogP contribution in [0.2, 0.25) is 0 Å². The molecule has 2 N–H and O–H groups in total. The van der Waals surface area contributed by atoms with Crippen molar-refractivity contribution in [3.8, 4) is 0 Å². The van der Waals surface area contributed by atoms with E-state index in [4.69, 9.17) is 5.73 Å². The molecule has 0 atom stereocenters. The molecule has 1 saturated heterocycles. The molecule has 76 valence electrons. The fourth-order valence-electron chi connectivity index (χ4n) is 1.85. The second-order valence-corrected chi connectivity index (χ2v) is 3.92. The molecule has 14 heavy (non-hydrogen) atoms. The molecule has 0 unspecified atom stereocenters. The third-order valence-corrected chi connectivity index (χ3v) is 2.78. The molecule has 0 bridgehead atoms. The number of piperidine rings is 1. The van der Waals surface area contributed by atoms with Crippen LogP contribution in [0.15, 0.2) is 12.3 Å². The largest absolute Gasteiger partial charge is 0.384 e. The summed E-state index contributed by atoms with van der Waals surface area (Å²) in [7, 11) is 2.15. The lowest BCUT2D eigenvalue weighted by atomic mass is 9.96. The minimum Gasteiger partial charge on any atom is -0.384 e. The number of aromatic nitrogens is 2. The number of nitrogen functional groups attached to an aromatic ring is 1. The van der Waals surface area contributed by atoms with Crippen LogP contribution >= 0.6 is 0 Å². The van der Waals surface area contributed by atoms with Gasteiger partial charge in [-0.1, -0.05) is 0 Å². The Hall–Kier alpha value is -1.16. The Bertz CT molecular complexity index is 305. The van der Waals surface area contributed by atoms with Crippen molar-refractivity contribution in [2.24, 2.45) is 0 Å². The predicted molar refractivity (Wildman–Crippen MR) is 55.9 cm³/mol. The number of anilines is 1. The standard InChI is InChI=1S/C10H16N4/c1-14-6-3-8(4-7-14)10-12-5-2-9(11)13-10/h2,5,8H,3-4,6-7H2,1H3,(H2,11,12,13). The second-order valence-electron chi connectivity index (χ2n) is 3.92. The van der Waals surface area contributed by atoms with Crippen LogP contribution in [0.4, 0.5) is 5.82 Å². The first-order valence-electron chi connectivity index (χ1n) is 5.02. The van der Waals surface area contributed by atoms with E-state index in [1.54, 1.807) is 12.3 Å². The zero-order chi connectivity index (χ0) is 9.97. The molecule has 0 aromatic carbocycles. The molecule has 1 aromatic heterocycles. The van der Waals surface area contributed by atoms with E-state index in [0.29, 0.717) is 11.7 Å². The van der Waals surface area contributed by atoms with Gasteiger partial charge in [-0.3, -0.25) is 0 Å². The Morgan fingerprint density at radius 1 is 1.43 bits per heavy atom. The molecule has 0 aliphatic carbocycles. The summed E-state index contributed by atoms with van der Waals surface area (Å²) in [6, 6.07) is 1.73. The van der Waals surface area contributed by atoms with Crippen molar-refractivity contribution < 1.29 is 0 Å². The normalized spacial score (nSPS) is 19.8. The van der Waals surface area contributed by atoms with Crippen LogP contribution in [0.25, 0.3) is 0 Å². The third-order valence-electron chi connectivity index (χ3n) is 2.78. The van der Waals surface area contributed by atoms with Crippen molar-refractivity contribution in [2.45, 2.75) is 18.8 Å². The van der Waals surface area contributed by atoms with E-state index in [1.807, 2.05) is 0 Å². The Balaban J connectivity index is 2.08. The van der Waals surface area contributed by atoms with E-state index in [0.717, 1.165) is 31.8 Å². The lowest BCUT2D eigenvalue weighted by Crippen LogP contribution is -2.29. The molecule has 1 fully saturated rings. The quantitative estimate of drug-likeness (QED) is 0.717. The summed E-state index contributed by atoms with van der Waals surface area (Å²) < 4.78 is 0. The lowest BCUT2D eigenvalue weighted by molar-refractivity contribution is 0.251. The molecule has 1 aromatic rings. The Labute approximate surface area is 84.2 Å². The number of hydrogen-bond acceptors (Lipinski definition) is 4. The van der Waals surface area contributed by atoms with Crippen LogP contribution in [-0.4, -0.2) is 35.0 Å². The molecular formula is C10H16N4. The van der Waals surface area contributed by atoms with Crippen LogP contribution in [0, 0.1) is 0 Å². The monoisotopic (exact) mass is 192 g/mol. The maximum Gasteiger partial charge on any atom is 0.133 e. The summed E-state index contributed by atoms with van der Waals surface area (Å²) in [6.45, 7) is 2.26. The zero-order valence-electron chi connectivity index (χ0n) is 8.48. The van der Waals surface area contributed by atoms with Gasteiger partial charge in [0.1, 0.15) is 11.6 Å². The number of likely N-dealkylation sites (tertiary alicyclic amines) is 1. The summed E-state index contributed by atoms with van der Waals surface area (Å²) in [5, 5.41) is 0. The molecule has 0 amide bonds. The van der Waals surface area contributed by atoms with Crippen molar-refractivity contribution >= 4 is 5.82 Å². The average molecular weight is 192 g/mol. The van der Waals surface area contributed by atoms with Crippen LogP contribution in [0.3, 0.4) is 0 Å². The number of rotatable bonds is 1. The molecule has 1 aliphatic heterocycles. The van der Waals surface area contributed by atoms with Gasteiger partial charge in [0.15, 0.2) is 0 Å². The molecule has 4 heteroatoms. The summed E-state index contributed by atoms with van der Waals surface area (Å²) in [6.07, 6.45) is 4.02. The topological polar surface area (TPSA) is 55.0 Å². The highest BCUT2D eigenvalue weighted by Crippen LogP contribution is 2.24. The first kappa shape index (κ1) is 9.40. The van der Waals surface area contributed by atoms with Crippen molar-refractivity contribution in [3.63, 3.8) is 0 Å². The van der Waals surface area contributed by atoms with Crippen molar-refractivity contribution in [3.05, 3.63) is 18.1 Å². The van der Waals surface area contributed by atoms with E-state index < -0.39 is 0 Å². The van der Waals surface area contributed by atoms with Crippen LogP contribution in [0.1, 0.15) is 24.6 Å². The van der Waals surface area contributed by atoms with Gasteiger partial charge < -0.3 is 10.6 Å². The van der Waals surface area contributed by atoms with E-state index in [-0.39, 0.29) is 0 Å². The SMILES string of the molecule is CN1CCC(c2nccc(N)n2)CC1. The molecular weight excluding hydrogens is 176 g/mol. The Morgan fingerprint density at radius 3 is 2.79 bits per heavy atom. The summed E-state index contributed by atoms with van der Waals surface area (Å²) in [5.41, 5.74) is 5.63. The van der Waals surface area contributed by atoms with E-state index >= 15 is 0 Å². The van der Waals surface area contributed by atoms with Crippen molar-refractivity contribution in [2.75, 3.05) is 25.9 Å². The molecule has 0 saturated carbocycles. The van der Waals surface area contributed by atoms with Gasteiger partial charge in [0.05, 0.1) is 0 Å². The maximum absolute atomic E-state index is 5.63. The van der Waals surface area contributed by atoms with Gasteiger partial charge in [-0.05, 0) is 39.0 Å². The smallest absolute Gasteiger partial charge is 0.133 e. The van der Waals surface area contributed by atoms with Gasteiger partial charge >= 0.3 is 0 Å².